The van der Waals surface area contributed by atoms with Crippen molar-refractivity contribution in [3.63, 3.8) is 0 Å². The highest BCUT2D eigenvalue weighted by Gasteiger charge is 2.31. The van der Waals surface area contributed by atoms with E-state index in [0.29, 0.717) is 25.1 Å². The third kappa shape index (κ3) is 6.11. The first-order valence-electron chi connectivity index (χ1n) is 10.1. The minimum Gasteiger partial charge on any atom is -0.361 e. The molecule has 0 bridgehead atoms. The van der Waals surface area contributed by atoms with Crippen molar-refractivity contribution in [2.24, 2.45) is 5.92 Å². The number of hydrogen-bond donors (Lipinski definition) is 1. The van der Waals surface area contributed by atoms with Gasteiger partial charge in [0.15, 0.2) is 0 Å². The zero-order chi connectivity index (χ0) is 21.0. The summed E-state index contributed by atoms with van der Waals surface area (Å²) < 4.78 is 8.98. The molecule has 1 atom stereocenters. The van der Waals surface area contributed by atoms with Crippen LogP contribution in [0.2, 0.25) is 25.7 Å². The van der Waals surface area contributed by atoms with Crippen LogP contribution in [0.25, 0.3) is 11.4 Å². The van der Waals surface area contributed by atoms with Crippen molar-refractivity contribution in [1.29, 1.82) is 5.26 Å². The molecule has 7 nitrogen and oxygen atoms in total. The third-order valence-electron chi connectivity index (χ3n) is 4.80. The van der Waals surface area contributed by atoms with Gasteiger partial charge in [0.2, 0.25) is 5.95 Å². The lowest BCUT2D eigenvalue weighted by molar-refractivity contribution is 0.0861. The first-order valence-corrected chi connectivity index (χ1v) is 14.6. The van der Waals surface area contributed by atoms with Crippen LogP contribution in [0.5, 0.6) is 0 Å². The van der Waals surface area contributed by atoms with Crippen LogP contribution in [-0.2, 0) is 11.5 Å². The summed E-state index contributed by atoms with van der Waals surface area (Å²) in [4.78, 5) is 13.7. The van der Waals surface area contributed by atoms with E-state index in [1.807, 2.05) is 13.0 Å². The van der Waals surface area contributed by atoms with Gasteiger partial charge < -0.3 is 14.6 Å². The van der Waals surface area contributed by atoms with Crippen molar-refractivity contribution in [1.82, 2.24) is 19.5 Å². The molecule has 0 spiro atoms. The van der Waals surface area contributed by atoms with Crippen molar-refractivity contribution in [3.05, 3.63) is 22.7 Å². The third-order valence-corrected chi connectivity index (χ3v) is 7.06. The highest BCUT2D eigenvalue weighted by Crippen LogP contribution is 2.42. The van der Waals surface area contributed by atoms with Crippen LogP contribution < -0.4 is 5.32 Å². The standard InChI is InChI=1S/C20H29BrN6OSi/c1-14(11-22)12-24-20-23-8-7-16(25-20)17-18(21)26-19(15-5-6-15)27(17)13-28-9-10-29(2,3)4/h7-8,14-15H,5-6,9-10,12-13H2,1-4H3,(H,23,24,25). The number of halogens is 1. The molecular formula is C20H29BrN6OSi. The Bertz CT molecular complexity index is 884. The fourth-order valence-corrected chi connectivity index (χ4v) is 4.22. The van der Waals surface area contributed by atoms with Gasteiger partial charge in [-0.3, -0.25) is 0 Å². The number of aromatic nitrogens is 4. The Morgan fingerprint density at radius 2 is 2.14 bits per heavy atom. The second-order valence-electron chi connectivity index (χ2n) is 8.84. The zero-order valence-corrected chi connectivity index (χ0v) is 20.2. The van der Waals surface area contributed by atoms with Crippen molar-refractivity contribution in [2.45, 2.75) is 58.1 Å². The van der Waals surface area contributed by atoms with Gasteiger partial charge >= 0.3 is 0 Å². The van der Waals surface area contributed by atoms with E-state index in [2.05, 4.69) is 61.5 Å². The van der Waals surface area contributed by atoms with E-state index in [1.54, 1.807) is 6.20 Å². The van der Waals surface area contributed by atoms with Crippen molar-refractivity contribution in [3.8, 4) is 17.5 Å². The van der Waals surface area contributed by atoms with E-state index >= 15 is 0 Å². The molecule has 1 aliphatic carbocycles. The summed E-state index contributed by atoms with van der Waals surface area (Å²) in [5, 5.41) is 12.1. The van der Waals surface area contributed by atoms with Gasteiger partial charge in [-0.05, 0) is 47.8 Å². The summed E-state index contributed by atoms with van der Waals surface area (Å²) in [5.41, 5.74) is 1.70. The average molecular weight is 477 g/mol. The second kappa shape index (κ2) is 9.37. The molecule has 0 radical (unpaired) electrons. The van der Waals surface area contributed by atoms with E-state index in [-0.39, 0.29) is 5.92 Å². The van der Waals surface area contributed by atoms with Gasteiger partial charge in [-0.15, -0.1) is 0 Å². The number of nitriles is 1. The minimum absolute atomic E-state index is 0.110. The van der Waals surface area contributed by atoms with E-state index in [9.17, 15) is 0 Å². The summed E-state index contributed by atoms with van der Waals surface area (Å²) >= 11 is 3.64. The Labute approximate surface area is 182 Å². The maximum Gasteiger partial charge on any atom is 0.223 e. The normalized spacial score (nSPS) is 15.2. The van der Waals surface area contributed by atoms with Gasteiger partial charge in [0.05, 0.1) is 17.7 Å². The molecule has 29 heavy (non-hydrogen) atoms. The summed E-state index contributed by atoms with van der Waals surface area (Å²) in [6.07, 6.45) is 4.06. The molecular weight excluding hydrogens is 448 g/mol. The fourth-order valence-electron chi connectivity index (χ4n) is 2.87. The van der Waals surface area contributed by atoms with Gasteiger partial charge in [0, 0.05) is 33.3 Å². The molecule has 156 valence electrons. The lowest BCUT2D eigenvalue weighted by Crippen LogP contribution is -2.22. The Kier molecular flexibility index (Phi) is 7.08. The molecule has 2 aromatic rings. The quantitative estimate of drug-likeness (QED) is 0.388. The van der Waals surface area contributed by atoms with Gasteiger partial charge in [-0.1, -0.05) is 19.6 Å². The summed E-state index contributed by atoms with van der Waals surface area (Å²) in [7, 11) is -1.13. The molecule has 0 amide bonds. The van der Waals surface area contributed by atoms with Crippen LogP contribution in [-0.4, -0.2) is 40.7 Å². The first-order chi connectivity index (χ1) is 13.8. The lowest BCUT2D eigenvalue weighted by atomic mass is 10.2. The Morgan fingerprint density at radius 1 is 1.38 bits per heavy atom. The number of anilines is 1. The van der Waals surface area contributed by atoms with Gasteiger partial charge in [0.1, 0.15) is 22.9 Å². The van der Waals surface area contributed by atoms with E-state index in [0.717, 1.165) is 34.5 Å². The molecule has 0 aliphatic heterocycles. The molecule has 0 aromatic carbocycles. The molecule has 2 aromatic heterocycles. The molecule has 1 unspecified atom stereocenters. The monoisotopic (exact) mass is 476 g/mol. The highest BCUT2D eigenvalue weighted by atomic mass is 79.9. The minimum atomic E-state index is -1.13. The molecule has 1 fully saturated rings. The van der Waals surface area contributed by atoms with Crippen LogP contribution in [0, 0.1) is 17.2 Å². The lowest BCUT2D eigenvalue weighted by Gasteiger charge is -2.17. The van der Waals surface area contributed by atoms with Crippen LogP contribution in [0.4, 0.5) is 5.95 Å². The molecule has 1 aliphatic rings. The predicted molar refractivity (Wildman–Crippen MR) is 120 cm³/mol. The largest absolute Gasteiger partial charge is 0.361 e. The predicted octanol–water partition coefficient (Wildman–Crippen LogP) is 4.86. The summed E-state index contributed by atoms with van der Waals surface area (Å²) in [6.45, 7) is 10.7. The molecule has 0 saturated heterocycles. The second-order valence-corrected chi connectivity index (χ2v) is 15.2. The molecule has 3 rings (SSSR count). The van der Waals surface area contributed by atoms with Crippen LogP contribution in [0.1, 0.15) is 31.5 Å². The summed E-state index contributed by atoms with van der Waals surface area (Å²) in [5.74, 6) is 1.96. The van der Waals surface area contributed by atoms with Crippen LogP contribution in [0.15, 0.2) is 16.9 Å². The van der Waals surface area contributed by atoms with Gasteiger partial charge in [-0.2, -0.15) is 5.26 Å². The average Bonchev–Trinajstić information content (AvgIpc) is 3.46. The Hall–Kier alpha value is -1.76. The number of ether oxygens (including phenoxy) is 1. The molecule has 9 heteroatoms. The SMILES string of the molecule is CC(C#N)CNc1nccc(-c2c(Br)nc(C3CC3)n2COCC[Si](C)(C)C)n1. The number of rotatable bonds is 10. The van der Waals surface area contributed by atoms with E-state index in [4.69, 9.17) is 15.0 Å². The number of imidazole rings is 1. The number of hydrogen-bond acceptors (Lipinski definition) is 6. The molecule has 1 N–H and O–H groups in total. The molecule has 2 heterocycles. The van der Waals surface area contributed by atoms with E-state index in [1.165, 1.54) is 12.8 Å². The van der Waals surface area contributed by atoms with Crippen molar-refractivity contribution in [2.75, 3.05) is 18.5 Å². The van der Waals surface area contributed by atoms with Gasteiger partial charge in [0.25, 0.3) is 0 Å². The fraction of sp³-hybridized carbons (Fsp3) is 0.600. The van der Waals surface area contributed by atoms with Crippen LogP contribution >= 0.6 is 15.9 Å². The van der Waals surface area contributed by atoms with Crippen LogP contribution in [0.3, 0.4) is 0 Å². The summed E-state index contributed by atoms with van der Waals surface area (Å²) in [6, 6.07) is 5.23. The Balaban J connectivity index is 1.82. The van der Waals surface area contributed by atoms with Gasteiger partial charge in [-0.25, -0.2) is 15.0 Å². The van der Waals surface area contributed by atoms with E-state index < -0.39 is 8.07 Å². The number of nitrogens with one attached hydrogen (secondary N) is 1. The number of nitrogens with zero attached hydrogens (tertiary/aromatic N) is 5. The maximum absolute atomic E-state index is 8.97. The highest BCUT2D eigenvalue weighted by molar-refractivity contribution is 9.10. The van der Waals surface area contributed by atoms with Crippen molar-refractivity contribution >= 4 is 30.0 Å². The van der Waals surface area contributed by atoms with Crippen molar-refractivity contribution < 1.29 is 4.74 Å². The maximum atomic E-state index is 8.97. The Morgan fingerprint density at radius 3 is 2.79 bits per heavy atom. The smallest absolute Gasteiger partial charge is 0.223 e. The molecule has 1 saturated carbocycles. The first kappa shape index (κ1) is 21.9. The topological polar surface area (TPSA) is 88.7 Å². The zero-order valence-electron chi connectivity index (χ0n) is 17.6.